The van der Waals surface area contributed by atoms with Crippen LogP contribution < -0.4 is 0 Å². The van der Waals surface area contributed by atoms with E-state index in [9.17, 15) is 5.11 Å². The van der Waals surface area contributed by atoms with Gasteiger partial charge in [-0.3, -0.25) is 0 Å². The SMILES string of the molecule is OCC1OC(n2ccc3ccccc32)CC1O. The lowest BCUT2D eigenvalue weighted by Crippen LogP contribution is -2.24. The average Bonchev–Trinajstić information content (AvgIpc) is 2.92. The molecule has 4 nitrogen and oxygen atoms in total. The minimum Gasteiger partial charge on any atom is -0.394 e. The summed E-state index contributed by atoms with van der Waals surface area (Å²) in [4.78, 5) is 0. The number of hydrogen-bond donors (Lipinski definition) is 2. The molecule has 0 bridgehead atoms. The fraction of sp³-hybridized carbons (Fsp3) is 0.385. The first-order valence-corrected chi connectivity index (χ1v) is 5.79. The van der Waals surface area contributed by atoms with Crippen molar-refractivity contribution in [3.05, 3.63) is 36.5 Å². The Labute approximate surface area is 99.1 Å². The molecule has 1 aromatic heterocycles. The Kier molecular flexibility index (Phi) is 2.63. The Balaban J connectivity index is 1.95. The van der Waals surface area contributed by atoms with Crippen LogP contribution in [0.3, 0.4) is 0 Å². The number of nitrogens with zero attached hydrogens (tertiary/aromatic N) is 1. The van der Waals surface area contributed by atoms with Crippen molar-refractivity contribution in [1.29, 1.82) is 0 Å². The first kappa shape index (κ1) is 10.8. The van der Waals surface area contributed by atoms with Crippen LogP contribution in [0.2, 0.25) is 0 Å². The van der Waals surface area contributed by atoms with Gasteiger partial charge >= 0.3 is 0 Å². The van der Waals surface area contributed by atoms with Crippen LogP contribution in [0.1, 0.15) is 12.6 Å². The average molecular weight is 233 g/mol. The van der Waals surface area contributed by atoms with Gasteiger partial charge in [-0.1, -0.05) is 18.2 Å². The maximum atomic E-state index is 9.73. The Bertz CT molecular complexity index is 522. The molecule has 90 valence electrons. The topological polar surface area (TPSA) is 54.6 Å². The van der Waals surface area contributed by atoms with Crippen molar-refractivity contribution in [2.45, 2.75) is 24.9 Å². The molecule has 1 aliphatic heterocycles. The zero-order valence-electron chi connectivity index (χ0n) is 9.36. The molecule has 0 spiro atoms. The van der Waals surface area contributed by atoms with E-state index in [2.05, 4.69) is 0 Å². The van der Waals surface area contributed by atoms with Gasteiger partial charge in [-0.25, -0.2) is 0 Å². The van der Waals surface area contributed by atoms with Crippen molar-refractivity contribution < 1.29 is 14.9 Å². The van der Waals surface area contributed by atoms with Gasteiger partial charge in [0.2, 0.25) is 0 Å². The number of aliphatic hydroxyl groups is 2. The molecule has 2 heterocycles. The van der Waals surface area contributed by atoms with E-state index in [1.54, 1.807) is 0 Å². The van der Waals surface area contributed by atoms with Gasteiger partial charge in [0.25, 0.3) is 0 Å². The highest BCUT2D eigenvalue weighted by Gasteiger charge is 2.34. The predicted molar refractivity (Wildman–Crippen MR) is 63.6 cm³/mol. The van der Waals surface area contributed by atoms with E-state index in [4.69, 9.17) is 9.84 Å². The lowest BCUT2D eigenvalue weighted by molar-refractivity contribution is -0.0428. The number of hydrogen-bond acceptors (Lipinski definition) is 3. The van der Waals surface area contributed by atoms with Crippen molar-refractivity contribution in [3.8, 4) is 0 Å². The second kappa shape index (κ2) is 4.14. The second-order valence-corrected chi connectivity index (χ2v) is 4.40. The van der Waals surface area contributed by atoms with E-state index in [1.807, 2.05) is 41.1 Å². The lowest BCUT2D eigenvalue weighted by Gasteiger charge is -2.14. The van der Waals surface area contributed by atoms with Gasteiger partial charge in [0.15, 0.2) is 0 Å². The molecular weight excluding hydrogens is 218 g/mol. The molecule has 2 aromatic rings. The van der Waals surface area contributed by atoms with Crippen LogP contribution in [0.4, 0.5) is 0 Å². The number of fused-ring (bicyclic) bond motifs is 1. The summed E-state index contributed by atoms with van der Waals surface area (Å²) in [6, 6.07) is 10.1. The summed E-state index contributed by atoms with van der Waals surface area (Å²) in [7, 11) is 0. The fourth-order valence-corrected chi connectivity index (χ4v) is 2.41. The monoisotopic (exact) mass is 233 g/mol. The predicted octanol–water partition coefficient (Wildman–Crippen LogP) is 1.28. The maximum Gasteiger partial charge on any atom is 0.137 e. The van der Waals surface area contributed by atoms with Gasteiger partial charge in [0, 0.05) is 12.6 Å². The summed E-state index contributed by atoms with van der Waals surface area (Å²) >= 11 is 0. The smallest absolute Gasteiger partial charge is 0.137 e. The Hall–Kier alpha value is -1.36. The quantitative estimate of drug-likeness (QED) is 0.821. The van der Waals surface area contributed by atoms with Gasteiger partial charge in [-0.15, -0.1) is 0 Å². The molecule has 0 amide bonds. The van der Waals surface area contributed by atoms with Crippen molar-refractivity contribution >= 4 is 10.9 Å². The van der Waals surface area contributed by atoms with Crippen LogP contribution in [0.15, 0.2) is 36.5 Å². The molecule has 17 heavy (non-hydrogen) atoms. The number of aliphatic hydroxyl groups excluding tert-OH is 2. The normalized spacial score (nSPS) is 28.9. The van der Waals surface area contributed by atoms with Gasteiger partial charge < -0.3 is 19.5 Å². The summed E-state index contributed by atoms with van der Waals surface area (Å²) in [5, 5.41) is 20.0. The largest absolute Gasteiger partial charge is 0.394 e. The van der Waals surface area contributed by atoms with Crippen molar-refractivity contribution in [1.82, 2.24) is 4.57 Å². The second-order valence-electron chi connectivity index (χ2n) is 4.40. The zero-order chi connectivity index (χ0) is 11.8. The maximum absolute atomic E-state index is 9.73. The van der Waals surface area contributed by atoms with E-state index in [-0.39, 0.29) is 12.8 Å². The summed E-state index contributed by atoms with van der Waals surface area (Å²) in [5.74, 6) is 0. The molecule has 2 N–H and O–H groups in total. The molecule has 3 rings (SSSR count). The van der Waals surface area contributed by atoms with Gasteiger partial charge in [-0.05, 0) is 17.5 Å². The summed E-state index contributed by atoms with van der Waals surface area (Å²) in [5.41, 5.74) is 1.09. The minimum atomic E-state index is -0.592. The standard InChI is InChI=1S/C13H15NO3/c15-8-12-11(16)7-13(17-12)14-6-5-9-3-1-2-4-10(9)14/h1-6,11-13,15-16H,7-8H2. The molecule has 1 fully saturated rings. The summed E-state index contributed by atoms with van der Waals surface area (Å²) in [6.07, 6.45) is 1.22. The third-order valence-electron chi connectivity index (χ3n) is 3.32. The van der Waals surface area contributed by atoms with Gasteiger partial charge in [0.1, 0.15) is 12.3 Å². The van der Waals surface area contributed by atoms with Crippen molar-refractivity contribution in [2.24, 2.45) is 0 Å². The van der Waals surface area contributed by atoms with E-state index in [0.29, 0.717) is 6.42 Å². The summed E-state index contributed by atoms with van der Waals surface area (Å²) in [6.45, 7) is -0.142. The van der Waals surface area contributed by atoms with Gasteiger partial charge in [-0.2, -0.15) is 0 Å². The van der Waals surface area contributed by atoms with E-state index in [0.717, 1.165) is 10.9 Å². The van der Waals surface area contributed by atoms with Crippen LogP contribution in [0.25, 0.3) is 10.9 Å². The number of aromatic nitrogens is 1. The first-order chi connectivity index (χ1) is 8.29. The Morgan fingerprint density at radius 1 is 1.29 bits per heavy atom. The third kappa shape index (κ3) is 1.74. The minimum absolute atomic E-state index is 0.142. The molecule has 0 saturated carbocycles. The van der Waals surface area contributed by atoms with Crippen LogP contribution >= 0.6 is 0 Å². The molecule has 3 unspecified atom stereocenters. The van der Waals surface area contributed by atoms with Crippen LogP contribution in [-0.4, -0.2) is 33.6 Å². The van der Waals surface area contributed by atoms with E-state index in [1.165, 1.54) is 0 Å². The Morgan fingerprint density at radius 3 is 2.88 bits per heavy atom. The highest BCUT2D eigenvalue weighted by Crippen LogP contribution is 2.31. The number of benzene rings is 1. The zero-order valence-corrected chi connectivity index (χ0v) is 9.36. The van der Waals surface area contributed by atoms with E-state index < -0.39 is 12.2 Å². The molecule has 4 heteroatoms. The lowest BCUT2D eigenvalue weighted by atomic mass is 10.2. The van der Waals surface area contributed by atoms with Crippen molar-refractivity contribution in [3.63, 3.8) is 0 Å². The van der Waals surface area contributed by atoms with Gasteiger partial charge in [0.05, 0.1) is 18.2 Å². The highest BCUT2D eigenvalue weighted by atomic mass is 16.5. The molecule has 0 aliphatic carbocycles. The third-order valence-corrected chi connectivity index (χ3v) is 3.32. The molecule has 3 atom stereocenters. The molecule has 1 aromatic carbocycles. The molecule has 0 radical (unpaired) electrons. The fourth-order valence-electron chi connectivity index (χ4n) is 2.41. The molecular formula is C13H15NO3. The van der Waals surface area contributed by atoms with Crippen molar-refractivity contribution in [2.75, 3.05) is 6.61 Å². The van der Waals surface area contributed by atoms with Crippen LogP contribution in [-0.2, 0) is 4.74 Å². The first-order valence-electron chi connectivity index (χ1n) is 5.79. The molecule has 1 aliphatic rings. The van der Waals surface area contributed by atoms with Crippen LogP contribution in [0.5, 0.6) is 0 Å². The van der Waals surface area contributed by atoms with E-state index >= 15 is 0 Å². The number of ether oxygens (including phenoxy) is 1. The highest BCUT2D eigenvalue weighted by molar-refractivity contribution is 5.80. The van der Waals surface area contributed by atoms with Crippen LogP contribution in [0, 0.1) is 0 Å². The number of para-hydroxylation sites is 1. The molecule has 1 saturated heterocycles. The Morgan fingerprint density at radius 2 is 2.12 bits per heavy atom. The summed E-state index contributed by atoms with van der Waals surface area (Å²) < 4.78 is 7.65. The number of rotatable bonds is 2.